The van der Waals surface area contributed by atoms with Crippen LogP contribution in [-0.4, -0.2) is 12.3 Å². The lowest BCUT2D eigenvalue weighted by atomic mass is 10.1. The van der Waals surface area contributed by atoms with Crippen molar-refractivity contribution in [1.29, 1.82) is 0 Å². The third-order valence-electron chi connectivity index (χ3n) is 2.68. The van der Waals surface area contributed by atoms with Gasteiger partial charge in [-0.05, 0) is 30.3 Å². The van der Waals surface area contributed by atoms with Gasteiger partial charge in [0.2, 0.25) is 0 Å². The summed E-state index contributed by atoms with van der Waals surface area (Å²) in [6.45, 7) is 0.374. The molecule has 4 heteroatoms. The highest BCUT2D eigenvalue weighted by molar-refractivity contribution is 5.96. The second kappa shape index (κ2) is 6.09. The summed E-state index contributed by atoms with van der Waals surface area (Å²) in [5, 5.41) is 3.04. The summed E-state index contributed by atoms with van der Waals surface area (Å²) < 4.78 is 26.3. The molecule has 0 aliphatic heterocycles. The minimum absolute atomic E-state index is 0.106. The fourth-order valence-corrected chi connectivity index (χ4v) is 1.72. The number of nitrogens with one attached hydrogen (secondary N) is 1. The van der Waals surface area contributed by atoms with Crippen LogP contribution in [0.2, 0.25) is 0 Å². The summed E-state index contributed by atoms with van der Waals surface area (Å²) in [5.41, 5.74) is 0.685. The molecule has 0 aliphatic carbocycles. The monoisotopic (exact) mass is 261 g/mol. The van der Waals surface area contributed by atoms with Crippen LogP contribution in [0.3, 0.4) is 0 Å². The van der Waals surface area contributed by atoms with E-state index in [0.29, 0.717) is 6.54 Å². The molecule has 1 N–H and O–H groups in total. The van der Waals surface area contributed by atoms with Crippen molar-refractivity contribution in [3.63, 3.8) is 0 Å². The molecule has 98 valence electrons. The van der Waals surface area contributed by atoms with Crippen LogP contribution in [0.15, 0.2) is 48.5 Å². The van der Waals surface area contributed by atoms with Crippen LogP contribution < -0.4 is 5.32 Å². The van der Waals surface area contributed by atoms with Gasteiger partial charge in [-0.3, -0.25) is 4.79 Å². The fourth-order valence-electron chi connectivity index (χ4n) is 1.72. The van der Waals surface area contributed by atoms with Gasteiger partial charge >= 0.3 is 0 Å². The molecule has 0 bridgehead atoms. The first-order chi connectivity index (χ1) is 9.16. The molecular formula is C15H13F2NO. The van der Waals surface area contributed by atoms with E-state index in [2.05, 4.69) is 5.32 Å². The van der Waals surface area contributed by atoms with Crippen molar-refractivity contribution in [2.45, 2.75) is 6.42 Å². The third-order valence-corrected chi connectivity index (χ3v) is 2.68. The van der Waals surface area contributed by atoms with Gasteiger partial charge in [0.1, 0.15) is 11.6 Å². The number of Topliss-reactive ketones (excluding diaryl/α,β-unsaturated/α-hetero) is 1. The van der Waals surface area contributed by atoms with E-state index in [-0.39, 0.29) is 12.0 Å². The molecule has 0 amide bonds. The fraction of sp³-hybridized carbons (Fsp3) is 0.133. The van der Waals surface area contributed by atoms with Crippen molar-refractivity contribution in [2.75, 3.05) is 11.9 Å². The lowest BCUT2D eigenvalue weighted by Gasteiger charge is -2.06. The van der Waals surface area contributed by atoms with E-state index in [9.17, 15) is 13.6 Å². The van der Waals surface area contributed by atoms with E-state index in [4.69, 9.17) is 0 Å². The van der Waals surface area contributed by atoms with Crippen molar-refractivity contribution in [3.05, 3.63) is 65.7 Å². The highest BCUT2D eigenvalue weighted by Crippen LogP contribution is 2.12. The quantitative estimate of drug-likeness (QED) is 0.832. The van der Waals surface area contributed by atoms with Gasteiger partial charge in [0.05, 0.1) is 5.56 Å². The average Bonchev–Trinajstić information content (AvgIpc) is 2.42. The Morgan fingerprint density at radius 1 is 1.05 bits per heavy atom. The number of para-hydroxylation sites is 1. The summed E-state index contributed by atoms with van der Waals surface area (Å²) in [6, 6.07) is 12.3. The zero-order chi connectivity index (χ0) is 13.7. The topological polar surface area (TPSA) is 29.1 Å². The molecule has 0 saturated heterocycles. The first-order valence-corrected chi connectivity index (χ1v) is 5.94. The van der Waals surface area contributed by atoms with E-state index in [1.165, 1.54) is 0 Å². The molecule has 2 rings (SSSR count). The van der Waals surface area contributed by atoms with Gasteiger partial charge in [-0.25, -0.2) is 8.78 Å². The van der Waals surface area contributed by atoms with Crippen LogP contribution in [0.5, 0.6) is 0 Å². The maximum atomic E-state index is 13.4. The van der Waals surface area contributed by atoms with Crippen LogP contribution in [0, 0.1) is 11.6 Å². The Morgan fingerprint density at radius 3 is 2.53 bits per heavy atom. The molecule has 0 heterocycles. The highest BCUT2D eigenvalue weighted by Gasteiger charge is 2.12. The predicted molar refractivity (Wildman–Crippen MR) is 70.2 cm³/mol. The molecule has 0 unspecified atom stereocenters. The zero-order valence-corrected chi connectivity index (χ0v) is 10.2. The van der Waals surface area contributed by atoms with Crippen molar-refractivity contribution in [1.82, 2.24) is 0 Å². The van der Waals surface area contributed by atoms with Crippen molar-refractivity contribution >= 4 is 11.5 Å². The number of carbonyl (C=O) groups excluding carboxylic acids is 1. The molecule has 0 fully saturated rings. The number of rotatable bonds is 5. The number of ketones is 1. The number of hydrogen-bond acceptors (Lipinski definition) is 2. The Labute approximate surface area is 110 Å². The smallest absolute Gasteiger partial charge is 0.167 e. The number of benzene rings is 2. The molecule has 0 aromatic heterocycles. The van der Waals surface area contributed by atoms with Gasteiger partial charge in [0.25, 0.3) is 0 Å². The number of hydrogen-bond donors (Lipinski definition) is 1. The Hall–Kier alpha value is -2.23. The van der Waals surface area contributed by atoms with Gasteiger partial charge in [-0.1, -0.05) is 18.2 Å². The predicted octanol–water partition coefficient (Wildman–Crippen LogP) is 3.65. The summed E-state index contributed by atoms with van der Waals surface area (Å²) in [4.78, 5) is 11.8. The van der Waals surface area contributed by atoms with Crippen molar-refractivity contribution in [3.8, 4) is 0 Å². The Kier molecular flexibility index (Phi) is 4.23. The average molecular weight is 261 g/mol. The molecule has 19 heavy (non-hydrogen) atoms. The van der Waals surface area contributed by atoms with E-state index in [1.54, 1.807) is 0 Å². The van der Waals surface area contributed by atoms with Gasteiger partial charge in [0.15, 0.2) is 5.78 Å². The maximum Gasteiger partial charge on any atom is 0.167 e. The molecule has 0 saturated carbocycles. The molecular weight excluding hydrogens is 248 g/mol. The normalized spacial score (nSPS) is 10.2. The zero-order valence-electron chi connectivity index (χ0n) is 10.2. The number of carbonyl (C=O) groups is 1. The summed E-state index contributed by atoms with van der Waals surface area (Å²) >= 11 is 0. The van der Waals surface area contributed by atoms with Crippen LogP contribution >= 0.6 is 0 Å². The van der Waals surface area contributed by atoms with Crippen molar-refractivity contribution < 1.29 is 13.6 Å². The summed E-state index contributed by atoms with van der Waals surface area (Å²) in [5.74, 6) is -1.72. The van der Waals surface area contributed by atoms with Gasteiger partial charge in [-0.2, -0.15) is 0 Å². The lowest BCUT2D eigenvalue weighted by molar-refractivity contribution is 0.0982. The number of anilines is 1. The van der Waals surface area contributed by atoms with Crippen LogP contribution in [0.1, 0.15) is 16.8 Å². The minimum atomic E-state index is -0.689. The van der Waals surface area contributed by atoms with Crippen LogP contribution in [0.4, 0.5) is 14.5 Å². The lowest BCUT2D eigenvalue weighted by Crippen LogP contribution is -2.10. The van der Waals surface area contributed by atoms with Gasteiger partial charge in [-0.15, -0.1) is 0 Å². The van der Waals surface area contributed by atoms with Gasteiger partial charge < -0.3 is 5.32 Å². The second-order valence-corrected chi connectivity index (χ2v) is 4.09. The second-order valence-electron chi connectivity index (χ2n) is 4.09. The molecule has 2 aromatic carbocycles. The Bertz CT molecular complexity index is 570. The maximum absolute atomic E-state index is 13.4. The summed E-state index contributed by atoms with van der Waals surface area (Å²) in [7, 11) is 0. The van der Waals surface area contributed by atoms with Gasteiger partial charge in [0, 0.05) is 18.7 Å². The molecule has 0 aliphatic rings. The Morgan fingerprint density at radius 2 is 1.79 bits per heavy atom. The van der Waals surface area contributed by atoms with E-state index >= 15 is 0 Å². The highest BCUT2D eigenvalue weighted by atomic mass is 19.1. The van der Waals surface area contributed by atoms with E-state index < -0.39 is 17.4 Å². The standard InChI is InChI=1S/C15H13F2NO/c16-11-6-7-14(17)13(10-11)15(19)8-9-18-12-4-2-1-3-5-12/h1-7,10,18H,8-9H2. The first-order valence-electron chi connectivity index (χ1n) is 5.94. The van der Waals surface area contributed by atoms with Crippen molar-refractivity contribution in [2.24, 2.45) is 0 Å². The molecule has 2 nitrogen and oxygen atoms in total. The Balaban J connectivity index is 1.93. The molecule has 0 atom stereocenters. The van der Waals surface area contributed by atoms with Crippen LogP contribution in [0.25, 0.3) is 0 Å². The molecule has 2 aromatic rings. The van der Waals surface area contributed by atoms with E-state index in [0.717, 1.165) is 23.9 Å². The summed E-state index contributed by atoms with van der Waals surface area (Å²) in [6.07, 6.45) is 0.106. The largest absolute Gasteiger partial charge is 0.385 e. The number of halogens is 2. The third kappa shape index (κ3) is 3.61. The van der Waals surface area contributed by atoms with Crippen LogP contribution in [-0.2, 0) is 0 Å². The SMILES string of the molecule is O=C(CCNc1ccccc1)c1cc(F)ccc1F. The minimum Gasteiger partial charge on any atom is -0.385 e. The molecule has 0 radical (unpaired) electrons. The molecule has 0 spiro atoms. The van der Waals surface area contributed by atoms with E-state index in [1.807, 2.05) is 30.3 Å². The first kappa shape index (κ1) is 13.2.